The average molecular weight is 296 g/mol. The molecule has 5 nitrogen and oxygen atoms in total. The van der Waals surface area contributed by atoms with Crippen LogP contribution < -0.4 is 40.2 Å². The second kappa shape index (κ2) is 8.84. The fraction of sp³-hybridized carbons (Fsp3) is 0.300. The SMILES string of the molecule is O=S(=O)([O-])CCNC(=S)NCc1ccccc1.[Na+]. The van der Waals surface area contributed by atoms with Gasteiger partial charge in [0.1, 0.15) is 0 Å². The van der Waals surface area contributed by atoms with Gasteiger partial charge in [0.05, 0.1) is 15.9 Å². The van der Waals surface area contributed by atoms with E-state index in [0.29, 0.717) is 11.7 Å². The average Bonchev–Trinajstić information content (AvgIpc) is 2.26. The summed E-state index contributed by atoms with van der Waals surface area (Å²) >= 11 is 4.92. The maximum absolute atomic E-state index is 10.3. The Morgan fingerprint density at radius 1 is 1.22 bits per heavy atom. The molecule has 0 amide bonds. The third kappa shape index (κ3) is 8.84. The molecule has 0 spiro atoms. The first kappa shape index (κ1) is 17.8. The van der Waals surface area contributed by atoms with Gasteiger partial charge in [-0.15, -0.1) is 0 Å². The first-order chi connectivity index (χ1) is 7.97. The van der Waals surface area contributed by atoms with Crippen molar-refractivity contribution in [1.82, 2.24) is 10.6 Å². The summed E-state index contributed by atoms with van der Waals surface area (Å²) in [5.74, 6) is -0.472. The molecule has 0 aliphatic carbocycles. The maximum atomic E-state index is 10.3. The zero-order chi connectivity index (χ0) is 12.7. The number of hydrogen-bond acceptors (Lipinski definition) is 4. The van der Waals surface area contributed by atoms with Crippen molar-refractivity contribution in [3.05, 3.63) is 35.9 Å². The summed E-state index contributed by atoms with van der Waals surface area (Å²) in [5.41, 5.74) is 1.06. The van der Waals surface area contributed by atoms with E-state index in [2.05, 4.69) is 10.6 Å². The molecule has 0 aliphatic heterocycles. The predicted molar refractivity (Wildman–Crippen MR) is 68.4 cm³/mol. The summed E-state index contributed by atoms with van der Waals surface area (Å²) in [6, 6.07) is 9.63. The number of benzene rings is 1. The Hall–Kier alpha value is -0.180. The van der Waals surface area contributed by atoms with Crippen LogP contribution in [0.3, 0.4) is 0 Å². The van der Waals surface area contributed by atoms with Crippen molar-refractivity contribution < 1.29 is 42.5 Å². The topological polar surface area (TPSA) is 81.3 Å². The molecule has 0 heterocycles. The van der Waals surface area contributed by atoms with Crippen molar-refractivity contribution in [3.8, 4) is 0 Å². The summed E-state index contributed by atoms with van der Waals surface area (Å²) in [6.07, 6.45) is 0. The number of rotatable bonds is 5. The number of thiocarbonyl (C=S) groups is 1. The van der Waals surface area contributed by atoms with Crippen molar-refractivity contribution >= 4 is 27.4 Å². The zero-order valence-electron chi connectivity index (χ0n) is 10.0. The molecule has 1 aromatic rings. The standard InChI is InChI=1S/C10H14N2O3S2.Na/c13-17(14,15)7-6-11-10(16)12-8-9-4-2-1-3-5-9;/h1-5H,6-8H2,(H2,11,12,16)(H,13,14,15);/q;+1/p-1. The van der Waals surface area contributed by atoms with E-state index in [4.69, 9.17) is 12.2 Å². The van der Waals surface area contributed by atoms with Gasteiger partial charge in [-0.25, -0.2) is 8.42 Å². The molecule has 0 aromatic heterocycles. The maximum Gasteiger partial charge on any atom is 1.00 e. The Balaban J connectivity index is 0.00000289. The van der Waals surface area contributed by atoms with Crippen molar-refractivity contribution in [2.24, 2.45) is 0 Å². The summed E-state index contributed by atoms with van der Waals surface area (Å²) in [7, 11) is -4.19. The minimum absolute atomic E-state index is 0. The second-order valence-corrected chi connectivity index (χ2v) is 5.29. The van der Waals surface area contributed by atoms with Gasteiger partial charge in [0.25, 0.3) is 0 Å². The fourth-order valence-corrected chi connectivity index (χ4v) is 1.66. The van der Waals surface area contributed by atoms with Gasteiger partial charge < -0.3 is 15.2 Å². The van der Waals surface area contributed by atoms with Gasteiger partial charge in [-0.2, -0.15) is 0 Å². The third-order valence-electron chi connectivity index (χ3n) is 1.93. The Labute approximate surface area is 134 Å². The van der Waals surface area contributed by atoms with Crippen LogP contribution in [0.15, 0.2) is 30.3 Å². The Bertz CT molecular complexity index is 465. The van der Waals surface area contributed by atoms with Crippen molar-refractivity contribution in [1.29, 1.82) is 0 Å². The van der Waals surface area contributed by atoms with Gasteiger partial charge in [0.15, 0.2) is 5.11 Å². The molecule has 0 saturated heterocycles. The quantitative estimate of drug-likeness (QED) is 0.347. The molecule has 1 aromatic carbocycles. The minimum Gasteiger partial charge on any atom is -0.748 e. The number of nitrogens with one attached hydrogen (secondary N) is 2. The van der Waals surface area contributed by atoms with Crippen molar-refractivity contribution in [3.63, 3.8) is 0 Å². The largest absolute Gasteiger partial charge is 1.00 e. The van der Waals surface area contributed by atoms with E-state index >= 15 is 0 Å². The van der Waals surface area contributed by atoms with Gasteiger partial charge in [-0.05, 0) is 17.8 Å². The zero-order valence-corrected chi connectivity index (χ0v) is 13.7. The first-order valence-electron chi connectivity index (χ1n) is 4.96. The molecule has 18 heavy (non-hydrogen) atoms. The predicted octanol–water partition coefficient (Wildman–Crippen LogP) is -2.80. The molecule has 94 valence electrons. The third-order valence-corrected chi connectivity index (χ3v) is 2.93. The van der Waals surface area contributed by atoms with Gasteiger partial charge >= 0.3 is 29.6 Å². The molecule has 0 radical (unpaired) electrons. The monoisotopic (exact) mass is 296 g/mol. The Kier molecular flexibility index (Phi) is 8.75. The molecule has 0 aliphatic rings. The molecular formula is C10H13N2NaO3S2. The fourth-order valence-electron chi connectivity index (χ4n) is 1.13. The van der Waals surface area contributed by atoms with Crippen LogP contribution in [0.4, 0.5) is 0 Å². The molecule has 0 bridgehead atoms. The van der Waals surface area contributed by atoms with Crippen LogP contribution in [0.5, 0.6) is 0 Å². The summed E-state index contributed by atoms with van der Waals surface area (Å²) in [4.78, 5) is 0. The second-order valence-electron chi connectivity index (χ2n) is 3.36. The van der Waals surface area contributed by atoms with Gasteiger partial charge in [0, 0.05) is 13.1 Å². The smallest absolute Gasteiger partial charge is 0.748 e. The van der Waals surface area contributed by atoms with Crippen molar-refractivity contribution in [2.45, 2.75) is 6.54 Å². The molecule has 8 heteroatoms. The van der Waals surface area contributed by atoms with Crippen LogP contribution in [-0.4, -0.2) is 30.4 Å². The molecule has 0 unspecified atom stereocenters. The minimum atomic E-state index is -4.19. The van der Waals surface area contributed by atoms with E-state index in [1.807, 2.05) is 30.3 Å². The van der Waals surface area contributed by atoms with E-state index in [0.717, 1.165) is 5.56 Å². The molecule has 2 N–H and O–H groups in total. The number of hydrogen-bond donors (Lipinski definition) is 2. The van der Waals surface area contributed by atoms with E-state index in [1.54, 1.807) is 0 Å². The summed E-state index contributed by atoms with van der Waals surface area (Å²) in [5, 5.41) is 5.89. The van der Waals surface area contributed by atoms with E-state index < -0.39 is 15.9 Å². The van der Waals surface area contributed by atoms with E-state index in [-0.39, 0.29) is 36.1 Å². The van der Waals surface area contributed by atoms with Crippen LogP contribution in [0.1, 0.15) is 5.56 Å². The van der Waals surface area contributed by atoms with Crippen LogP contribution in [-0.2, 0) is 16.7 Å². The molecule has 0 fully saturated rings. The molecular weight excluding hydrogens is 283 g/mol. The summed E-state index contributed by atoms with van der Waals surface area (Å²) < 4.78 is 31.0. The van der Waals surface area contributed by atoms with Crippen molar-refractivity contribution in [2.75, 3.05) is 12.3 Å². The van der Waals surface area contributed by atoms with Crippen LogP contribution in [0.25, 0.3) is 0 Å². The van der Waals surface area contributed by atoms with Crippen LogP contribution in [0, 0.1) is 0 Å². The van der Waals surface area contributed by atoms with Crippen LogP contribution in [0.2, 0.25) is 0 Å². The first-order valence-corrected chi connectivity index (χ1v) is 6.95. The van der Waals surface area contributed by atoms with Gasteiger partial charge in [-0.1, -0.05) is 30.3 Å². The molecule has 0 atom stereocenters. The molecule has 0 saturated carbocycles. The Morgan fingerprint density at radius 3 is 2.39 bits per heavy atom. The van der Waals surface area contributed by atoms with Gasteiger partial charge in [0.2, 0.25) is 0 Å². The van der Waals surface area contributed by atoms with Crippen LogP contribution >= 0.6 is 12.2 Å². The van der Waals surface area contributed by atoms with E-state index in [1.165, 1.54) is 0 Å². The van der Waals surface area contributed by atoms with E-state index in [9.17, 15) is 13.0 Å². The summed E-state index contributed by atoms with van der Waals surface area (Å²) in [6.45, 7) is 0.573. The Morgan fingerprint density at radius 2 is 1.83 bits per heavy atom. The van der Waals surface area contributed by atoms with Gasteiger partial charge in [-0.3, -0.25) is 0 Å². The normalized spacial score (nSPS) is 10.3. The molecule has 1 rings (SSSR count).